The average Bonchev–Trinajstić information content (AvgIpc) is 3.34. The summed E-state index contributed by atoms with van der Waals surface area (Å²) in [7, 11) is 1.26. The van der Waals surface area contributed by atoms with E-state index in [2.05, 4.69) is 25.4 Å². The minimum absolute atomic E-state index is 0.154. The number of aliphatic carboxylic acids is 1. The van der Waals surface area contributed by atoms with Gasteiger partial charge in [-0.2, -0.15) is 0 Å². The molecule has 1 aromatic carbocycles. The van der Waals surface area contributed by atoms with Gasteiger partial charge < -0.3 is 31.2 Å². The van der Waals surface area contributed by atoms with Gasteiger partial charge in [0, 0.05) is 28.3 Å². The van der Waals surface area contributed by atoms with Crippen LogP contribution in [-0.2, 0) is 19.2 Å². The van der Waals surface area contributed by atoms with Crippen LogP contribution >= 0.6 is 34.9 Å². The van der Waals surface area contributed by atoms with Crippen molar-refractivity contribution in [2.75, 3.05) is 24.3 Å². The van der Waals surface area contributed by atoms with Crippen molar-refractivity contribution in [2.24, 2.45) is 5.16 Å². The molecular weight excluding hydrogens is 570 g/mol. The lowest BCUT2D eigenvalue weighted by molar-refractivity contribution is -0.150. The maximum atomic E-state index is 13.0. The van der Waals surface area contributed by atoms with Gasteiger partial charge in [-0.1, -0.05) is 5.16 Å². The molecule has 2 aliphatic rings. The lowest BCUT2D eigenvalue weighted by Crippen LogP contribution is -2.71. The number of fused-ring (bicyclic) bond motifs is 2. The number of amides is 2. The Balaban J connectivity index is 1.34. The number of carboxylic acid groups (broad SMARTS) is 1. The minimum atomic E-state index is -1.27. The predicted molar refractivity (Wildman–Crippen MR) is 143 cm³/mol. The van der Waals surface area contributed by atoms with E-state index in [0.29, 0.717) is 21.5 Å². The molecule has 5 rings (SSSR count). The van der Waals surface area contributed by atoms with E-state index in [-0.39, 0.29) is 45.2 Å². The van der Waals surface area contributed by atoms with Crippen LogP contribution in [0.4, 0.5) is 5.13 Å². The number of oxime groups is 1. The highest BCUT2D eigenvalue weighted by molar-refractivity contribution is 8.01. The molecule has 39 heavy (non-hydrogen) atoms. The van der Waals surface area contributed by atoms with Gasteiger partial charge in [-0.15, -0.1) is 34.9 Å². The summed E-state index contributed by atoms with van der Waals surface area (Å²) in [6.45, 7) is 0. The quantitative estimate of drug-likeness (QED) is 0.0619. The molecular formula is C22H19N7O7S3. The van der Waals surface area contributed by atoms with Crippen molar-refractivity contribution in [3.05, 3.63) is 40.8 Å². The van der Waals surface area contributed by atoms with Crippen LogP contribution in [0.25, 0.3) is 10.9 Å². The summed E-state index contributed by atoms with van der Waals surface area (Å²) in [5.74, 6) is -2.76. The molecule has 2 aromatic heterocycles. The van der Waals surface area contributed by atoms with Gasteiger partial charge in [-0.05, 0) is 11.6 Å². The van der Waals surface area contributed by atoms with E-state index < -0.39 is 29.2 Å². The third-order valence-electron chi connectivity index (χ3n) is 5.78. The standard InChI is InChI=1S/C22H19N7O7S3/c1-36-28-14(11-6-39-22(23)26-11)17(32)27-15-19(33)29-16(21(34)35)8(5-38-20(15)29)4-37-18-9-2-12(30)13(31)3-10(9)24-7-25-18/h2-3,6-7,15,20,30-31H,4-5H2,1H3,(H2,23,26)(H,27,32)(H,34,35)/b28-14-/t15?,20-/m0/s1. The van der Waals surface area contributed by atoms with Gasteiger partial charge in [-0.3, -0.25) is 14.5 Å². The fourth-order valence-corrected chi connectivity index (χ4v) is 7.04. The molecule has 2 amide bonds. The summed E-state index contributed by atoms with van der Waals surface area (Å²) < 4.78 is 0. The number of carbonyl (C=O) groups is 3. The number of nitrogens with one attached hydrogen (secondary N) is 1. The number of nitrogens with zero attached hydrogens (tertiary/aromatic N) is 5. The highest BCUT2D eigenvalue weighted by Crippen LogP contribution is 2.42. The highest BCUT2D eigenvalue weighted by Gasteiger charge is 2.54. The Kier molecular flexibility index (Phi) is 7.19. The van der Waals surface area contributed by atoms with Crippen LogP contribution in [0.3, 0.4) is 0 Å². The number of phenols is 2. The van der Waals surface area contributed by atoms with E-state index in [0.717, 1.165) is 16.2 Å². The van der Waals surface area contributed by atoms with E-state index in [1.165, 1.54) is 54.5 Å². The van der Waals surface area contributed by atoms with Crippen molar-refractivity contribution >= 4 is 74.4 Å². The molecule has 0 saturated carbocycles. The van der Waals surface area contributed by atoms with Crippen molar-refractivity contribution in [2.45, 2.75) is 16.4 Å². The number of aromatic hydroxyl groups is 2. The topological polar surface area (TPSA) is 213 Å². The second kappa shape index (κ2) is 10.6. The number of nitrogens with two attached hydrogens (primary N) is 1. The zero-order valence-corrected chi connectivity index (χ0v) is 22.3. The Hall–Kier alpha value is -4.09. The number of phenolic OH excluding ortho intramolecular Hbond substituents is 2. The number of anilines is 1. The molecule has 0 bridgehead atoms. The molecule has 2 atom stereocenters. The average molecular weight is 590 g/mol. The van der Waals surface area contributed by atoms with Crippen molar-refractivity contribution in [3.63, 3.8) is 0 Å². The number of nitrogen functional groups attached to an aromatic ring is 1. The highest BCUT2D eigenvalue weighted by atomic mass is 32.2. The second-order valence-electron chi connectivity index (χ2n) is 8.14. The summed E-state index contributed by atoms with van der Waals surface area (Å²) in [4.78, 5) is 56.4. The van der Waals surface area contributed by atoms with E-state index in [1.54, 1.807) is 0 Å². The fourth-order valence-electron chi connectivity index (χ4n) is 4.02. The zero-order valence-electron chi connectivity index (χ0n) is 19.9. The summed E-state index contributed by atoms with van der Waals surface area (Å²) in [6, 6.07) is 1.66. The van der Waals surface area contributed by atoms with Crippen molar-refractivity contribution in [3.8, 4) is 11.5 Å². The summed E-state index contributed by atoms with van der Waals surface area (Å²) in [5.41, 5.74) is 6.40. The normalized spacial score (nSPS) is 19.1. The van der Waals surface area contributed by atoms with E-state index >= 15 is 0 Å². The van der Waals surface area contributed by atoms with Gasteiger partial charge in [0.15, 0.2) is 22.3 Å². The van der Waals surface area contributed by atoms with Crippen LogP contribution in [0.1, 0.15) is 5.69 Å². The summed E-state index contributed by atoms with van der Waals surface area (Å²) in [5, 5.41) is 38.0. The van der Waals surface area contributed by atoms with Gasteiger partial charge in [0.25, 0.3) is 11.8 Å². The van der Waals surface area contributed by atoms with Gasteiger partial charge in [0.2, 0.25) is 0 Å². The number of hydrogen-bond donors (Lipinski definition) is 5. The van der Waals surface area contributed by atoms with E-state index in [1.807, 2.05) is 0 Å². The summed E-state index contributed by atoms with van der Waals surface area (Å²) >= 11 is 3.63. The van der Waals surface area contributed by atoms with E-state index in [9.17, 15) is 29.7 Å². The minimum Gasteiger partial charge on any atom is -0.504 e. The molecule has 1 unspecified atom stereocenters. The van der Waals surface area contributed by atoms with E-state index in [4.69, 9.17) is 10.6 Å². The number of thioether (sulfide) groups is 2. The number of carbonyl (C=O) groups excluding carboxylic acids is 2. The molecule has 3 aromatic rings. The van der Waals surface area contributed by atoms with Gasteiger partial charge in [-0.25, -0.2) is 19.7 Å². The van der Waals surface area contributed by atoms with Crippen LogP contribution in [0.15, 0.2) is 45.3 Å². The Bertz CT molecular complexity index is 1570. The first-order valence-corrected chi connectivity index (χ1v) is 13.9. The molecule has 14 nitrogen and oxygen atoms in total. The third kappa shape index (κ3) is 4.90. The number of hydrogen-bond acceptors (Lipinski definition) is 14. The van der Waals surface area contributed by atoms with Crippen molar-refractivity contribution in [1.82, 2.24) is 25.2 Å². The molecule has 17 heteroatoms. The number of benzene rings is 1. The molecule has 1 saturated heterocycles. The number of carboxylic acids is 1. The first-order chi connectivity index (χ1) is 18.7. The maximum Gasteiger partial charge on any atom is 0.352 e. The van der Waals surface area contributed by atoms with Gasteiger partial charge in [0.05, 0.1) is 5.52 Å². The zero-order chi connectivity index (χ0) is 27.8. The van der Waals surface area contributed by atoms with Crippen LogP contribution < -0.4 is 11.1 Å². The smallest absolute Gasteiger partial charge is 0.352 e. The number of β-lactam (4-membered cyclic amide) rings is 1. The first-order valence-electron chi connectivity index (χ1n) is 11.0. The van der Waals surface area contributed by atoms with Crippen molar-refractivity contribution in [1.29, 1.82) is 0 Å². The Morgan fingerprint density at radius 1 is 1.31 bits per heavy atom. The Morgan fingerprint density at radius 3 is 2.77 bits per heavy atom. The lowest BCUT2D eigenvalue weighted by atomic mass is 10.0. The fraction of sp³-hybridized carbons (Fsp3) is 0.227. The molecule has 4 heterocycles. The monoisotopic (exact) mass is 589 g/mol. The Labute approximate surface area is 232 Å². The molecule has 0 aliphatic carbocycles. The van der Waals surface area contributed by atoms with Crippen LogP contribution in [0.2, 0.25) is 0 Å². The largest absolute Gasteiger partial charge is 0.504 e. The summed E-state index contributed by atoms with van der Waals surface area (Å²) in [6.07, 6.45) is 1.30. The maximum absolute atomic E-state index is 13.0. The molecule has 6 N–H and O–H groups in total. The molecule has 0 radical (unpaired) electrons. The van der Waals surface area contributed by atoms with Gasteiger partial charge >= 0.3 is 5.97 Å². The third-order valence-corrected chi connectivity index (χ3v) is 8.88. The molecule has 0 spiro atoms. The number of thiazole rings is 1. The van der Waals surface area contributed by atoms with Gasteiger partial charge in [0.1, 0.15) is 41.3 Å². The van der Waals surface area contributed by atoms with Crippen LogP contribution in [0, 0.1) is 0 Å². The number of rotatable bonds is 8. The number of aromatic nitrogens is 3. The molecule has 2 aliphatic heterocycles. The van der Waals surface area contributed by atoms with Crippen molar-refractivity contribution < 1.29 is 34.5 Å². The first kappa shape index (κ1) is 26.5. The Morgan fingerprint density at radius 2 is 2.08 bits per heavy atom. The lowest BCUT2D eigenvalue weighted by Gasteiger charge is -2.49. The molecule has 202 valence electrons. The second-order valence-corrected chi connectivity index (χ2v) is 11.1. The predicted octanol–water partition coefficient (Wildman–Crippen LogP) is 0.961. The SMILES string of the molecule is CO/N=C(\C(=O)NC1C(=O)N2C(C(=O)O)=C(CSc3ncnc4cc(O)c(O)cc34)CS[C@@H]12)c1csc(N)n1. The van der Waals surface area contributed by atoms with Crippen LogP contribution in [0.5, 0.6) is 11.5 Å². The van der Waals surface area contributed by atoms with Crippen LogP contribution in [-0.4, -0.2) is 88.7 Å². The molecule has 1 fully saturated rings.